The molecule has 0 unspecified atom stereocenters. The van der Waals surface area contributed by atoms with E-state index in [0.717, 1.165) is 5.56 Å². The smallest absolute Gasteiger partial charge is 0.267 e. The van der Waals surface area contributed by atoms with Crippen LogP contribution in [-0.4, -0.2) is 17.0 Å². The predicted molar refractivity (Wildman–Crippen MR) is 84.3 cm³/mol. The van der Waals surface area contributed by atoms with Crippen LogP contribution in [0, 0.1) is 17.0 Å². The molecule has 2 aromatic rings. The van der Waals surface area contributed by atoms with Gasteiger partial charge in [-0.3, -0.25) is 14.9 Å². The first-order chi connectivity index (χ1) is 10.5. The van der Waals surface area contributed by atoms with E-state index in [1.54, 1.807) is 18.2 Å². The minimum atomic E-state index is -0.578. The van der Waals surface area contributed by atoms with Crippen LogP contribution in [0.15, 0.2) is 47.6 Å². The largest absolute Gasteiger partial charge is 0.288 e. The van der Waals surface area contributed by atoms with Crippen LogP contribution in [0.3, 0.4) is 0 Å². The molecule has 0 bridgehead atoms. The molecule has 0 saturated heterocycles. The average Bonchev–Trinajstić information content (AvgIpc) is 2.49. The third-order valence-electron chi connectivity index (χ3n) is 2.94. The quantitative estimate of drug-likeness (QED) is 0.533. The van der Waals surface area contributed by atoms with Gasteiger partial charge in [0.15, 0.2) is 0 Å². The molecule has 0 radical (unpaired) electrons. The van der Waals surface area contributed by atoms with E-state index in [0.29, 0.717) is 11.1 Å². The molecule has 2 aromatic carbocycles. The van der Waals surface area contributed by atoms with E-state index in [1.807, 2.05) is 19.1 Å². The monoisotopic (exact) mass is 317 g/mol. The number of aryl methyl sites for hydroxylation is 1. The Morgan fingerprint density at radius 1 is 1.32 bits per heavy atom. The zero-order valence-corrected chi connectivity index (χ0v) is 12.4. The van der Waals surface area contributed by atoms with Crippen molar-refractivity contribution in [2.24, 2.45) is 5.10 Å². The molecule has 0 aliphatic heterocycles. The van der Waals surface area contributed by atoms with Gasteiger partial charge in [0.05, 0.1) is 11.1 Å². The van der Waals surface area contributed by atoms with Gasteiger partial charge in [-0.1, -0.05) is 35.9 Å². The number of nitro benzene ring substituents is 1. The normalized spacial score (nSPS) is 10.6. The fourth-order valence-electron chi connectivity index (χ4n) is 1.80. The number of hydrogen-bond acceptors (Lipinski definition) is 4. The summed E-state index contributed by atoms with van der Waals surface area (Å²) in [6.45, 7) is 1.82. The molecule has 0 aromatic heterocycles. The first-order valence-electron chi connectivity index (χ1n) is 6.32. The number of nitrogens with zero attached hydrogens (tertiary/aromatic N) is 2. The molecule has 0 saturated carbocycles. The van der Waals surface area contributed by atoms with Gasteiger partial charge in [0.2, 0.25) is 0 Å². The lowest BCUT2D eigenvalue weighted by Crippen LogP contribution is -2.18. The van der Waals surface area contributed by atoms with Gasteiger partial charge in [-0.25, -0.2) is 5.43 Å². The fourth-order valence-corrected chi connectivity index (χ4v) is 1.99. The van der Waals surface area contributed by atoms with E-state index in [1.165, 1.54) is 18.3 Å². The highest BCUT2D eigenvalue weighted by atomic mass is 35.5. The van der Waals surface area contributed by atoms with Gasteiger partial charge in [-0.05, 0) is 24.6 Å². The first-order valence-corrected chi connectivity index (χ1v) is 6.70. The molecule has 0 aliphatic rings. The van der Waals surface area contributed by atoms with Crippen LogP contribution in [0.5, 0.6) is 0 Å². The van der Waals surface area contributed by atoms with Crippen LogP contribution < -0.4 is 5.43 Å². The summed E-state index contributed by atoms with van der Waals surface area (Å²) in [4.78, 5) is 22.1. The number of carbonyl (C=O) groups is 1. The van der Waals surface area contributed by atoms with E-state index in [4.69, 9.17) is 11.6 Å². The lowest BCUT2D eigenvalue weighted by molar-refractivity contribution is -0.384. The number of nitro groups is 1. The van der Waals surface area contributed by atoms with E-state index in [-0.39, 0.29) is 16.6 Å². The predicted octanol–water partition coefficient (Wildman–Crippen LogP) is 3.32. The van der Waals surface area contributed by atoms with Crippen molar-refractivity contribution in [2.75, 3.05) is 0 Å². The molecule has 1 N–H and O–H groups in total. The Hall–Kier alpha value is -2.73. The molecular formula is C15H12ClN3O3. The third-order valence-corrected chi connectivity index (χ3v) is 3.26. The SMILES string of the molecule is Cc1ccccc1C(=O)N/N=C\c1ccc(Cl)c([N+](=O)[O-])c1. The molecular weight excluding hydrogens is 306 g/mol. The Balaban J connectivity index is 2.10. The number of hydrogen-bond donors (Lipinski definition) is 1. The maximum atomic E-state index is 11.9. The molecule has 0 heterocycles. The number of benzene rings is 2. The zero-order chi connectivity index (χ0) is 16.1. The number of nitrogens with one attached hydrogen (secondary N) is 1. The number of hydrazone groups is 1. The van der Waals surface area contributed by atoms with E-state index in [9.17, 15) is 14.9 Å². The van der Waals surface area contributed by atoms with Crippen molar-refractivity contribution in [1.82, 2.24) is 5.43 Å². The number of carbonyl (C=O) groups excluding carboxylic acids is 1. The molecule has 1 amide bonds. The van der Waals surface area contributed by atoms with Gasteiger partial charge < -0.3 is 0 Å². The molecule has 0 atom stereocenters. The summed E-state index contributed by atoms with van der Waals surface area (Å²) in [5.74, 6) is -0.349. The molecule has 22 heavy (non-hydrogen) atoms. The third kappa shape index (κ3) is 3.67. The Labute approximate surface area is 131 Å². The lowest BCUT2D eigenvalue weighted by atomic mass is 10.1. The minimum absolute atomic E-state index is 0.0473. The van der Waals surface area contributed by atoms with Gasteiger partial charge in [0.1, 0.15) is 5.02 Å². The summed E-state index contributed by atoms with van der Waals surface area (Å²) in [5, 5.41) is 14.6. The van der Waals surface area contributed by atoms with Crippen molar-refractivity contribution in [2.45, 2.75) is 6.92 Å². The summed E-state index contributed by atoms with van der Waals surface area (Å²) in [7, 11) is 0. The number of halogens is 1. The molecule has 7 heteroatoms. The van der Waals surface area contributed by atoms with Crippen molar-refractivity contribution in [3.05, 3.63) is 74.3 Å². The molecule has 112 valence electrons. The second kappa shape index (κ2) is 6.82. The van der Waals surface area contributed by atoms with E-state index >= 15 is 0 Å². The first kappa shape index (κ1) is 15.7. The van der Waals surface area contributed by atoms with Crippen molar-refractivity contribution in [1.29, 1.82) is 0 Å². The second-order valence-electron chi connectivity index (χ2n) is 4.48. The van der Waals surface area contributed by atoms with Gasteiger partial charge in [0.25, 0.3) is 11.6 Å². The van der Waals surface area contributed by atoms with Crippen molar-refractivity contribution < 1.29 is 9.72 Å². The van der Waals surface area contributed by atoms with Crippen LogP contribution in [0.2, 0.25) is 5.02 Å². The van der Waals surface area contributed by atoms with Gasteiger partial charge >= 0.3 is 0 Å². The van der Waals surface area contributed by atoms with Crippen LogP contribution in [-0.2, 0) is 0 Å². The van der Waals surface area contributed by atoms with Crippen molar-refractivity contribution in [3.8, 4) is 0 Å². The summed E-state index contributed by atoms with van der Waals surface area (Å²) >= 11 is 5.72. The Kier molecular flexibility index (Phi) is 4.85. The maximum absolute atomic E-state index is 11.9. The van der Waals surface area contributed by atoms with Crippen LogP contribution in [0.25, 0.3) is 0 Å². The fraction of sp³-hybridized carbons (Fsp3) is 0.0667. The van der Waals surface area contributed by atoms with E-state index in [2.05, 4.69) is 10.5 Å². The Morgan fingerprint density at radius 3 is 2.73 bits per heavy atom. The summed E-state index contributed by atoms with van der Waals surface area (Å²) in [6, 6.07) is 11.4. The number of rotatable bonds is 4. The summed E-state index contributed by atoms with van der Waals surface area (Å²) in [5.41, 5.74) is 3.97. The molecule has 0 fully saturated rings. The standard InChI is InChI=1S/C15H12ClN3O3/c1-10-4-2-3-5-12(10)15(20)18-17-9-11-6-7-13(16)14(8-11)19(21)22/h2-9H,1H3,(H,18,20)/b17-9-. The van der Waals surface area contributed by atoms with Crippen LogP contribution in [0.4, 0.5) is 5.69 Å². The molecule has 0 spiro atoms. The topological polar surface area (TPSA) is 84.6 Å². The summed E-state index contributed by atoms with van der Waals surface area (Å²) < 4.78 is 0. The molecule has 6 nitrogen and oxygen atoms in total. The van der Waals surface area contributed by atoms with Crippen LogP contribution in [0.1, 0.15) is 21.5 Å². The Morgan fingerprint density at radius 2 is 2.05 bits per heavy atom. The van der Waals surface area contributed by atoms with E-state index < -0.39 is 4.92 Å². The average molecular weight is 318 g/mol. The lowest BCUT2D eigenvalue weighted by Gasteiger charge is -2.03. The maximum Gasteiger partial charge on any atom is 0.288 e. The second-order valence-corrected chi connectivity index (χ2v) is 4.89. The summed E-state index contributed by atoms with van der Waals surface area (Å²) in [6.07, 6.45) is 1.32. The van der Waals surface area contributed by atoms with Crippen molar-refractivity contribution in [3.63, 3.8) is 0 Å². The van der Waals surface area contributed by atoms with Gasteiger partial charge in [0, 0.05) is 17.2 Å². The molecule has 2 rings (SSSR count). The zero-order valence-electron chi connectivity index (χ0n) is 11.6. The minimum Gasteiger partial charge on any atom is -0.267 e. The highest BCUT2D eigenvalue weighted by molar-refractivity contribution is 6.32. The molecule has 0 aliphatic carbocycles. The van der Waals surface area contributed by atoms with Gasteiger partial charge in [-0.2, -0.15) is 5.10 Å². The Bertz CT molecular complexity index is 759. The highest BCUT2D eigenvalue weighted by Crippen LogP contribution is 2.24. The highest BCUT2D eigenvalue weighted by Gasteiger charge is 2.12. The van der Waals surface area contributed by atoms with Crippen molar-refractivity contribution >= 4 is 29.4 Å². The van der Waals surface area contributed by atoms with Crippen LogP contribution >= 0.6 is 11.6 Å². The van der Waals surface area contributed by atoms with Gasteiger partial charge in [-0.15, -0.1) is 0 Å². The number of amides is 1.